The fourth-order valence-corrected chi connectivity index (χ4v) is 7.22. The SMILES string of the molecule is CC1=C[C@]23C(=O)[C@@H](C=C(COC(=O)c4ccccc4)[C@@H](O)[C@]2(O)[C@H]1O)[C@H]1[C@@H](C[C@H]3C)C1(C)C. The highest BCUT2D eigenvalue weighted by atomic mass is 16.5. The Bertz CT molecular complexity index is 1070. The summed E-state index contributed by atoms with van der Waals surface area (Å²) in [6.07, 6.45) is 1.19. The molecule has 0 saturated heterocycles. The standard InChI is InChI=1S/C27H32O6/c1-14-12-26-15(2)10-19-20(25(19,3)4)18(23(26)30)11-17(22(29)27(26,32)21(14)28)13-33-24(31)16-8-6-5-7-9-16/h5-9,11-12,15,18-22,28-29,32H,10,13H2,1-4H3/t15-,18+,19-,20+,21+,22-,26+,27-/m1/s1. The Morgan fingerprint density at radius 2 is 1.82 bits per heavy atom. The van der Waals surface area contributed by atoms with E-state index in [2.05, 4.69) is 13.8 Å². The van der Waals surface area contributed by atoms with E-state index in [0.29, 0.717) is 17.1 Å². The molecule has 1 aromatic rings. The summed E-state index contributed by atoms with van der Waals surface area (Å²) in [4.78, 5) is 26.7. The molecular formula is C27H32O6. The zero-order chi connectivity index (χ0) is 23.9. The molecule has 33 heavy (non-hydrogen) atoms. The number of aliphatic hydroxyl groups is 3. The number of fused-ring (bicyclic) bond motifs is 3. The second-order valence-corrected chi connectivity index (χ2v) is 11.1. The number of hydrogen-bond donors (Lipinski definition) is 3. The van der Waals surface area contributed by atoms with Crippen LogP contribution in [0.2, 0.25) is 0 Å². The lowest BCUT2D eigenvalue weighted by atomic mass is 9.59. The third-order valence-electron chi connectivity index (χ3n) is 9.13. The van der Waals surface area contributed by atoms with Crippen LogP contribution in [-0.2, 0) is 9.53 Å². The first-order valence-corrected chi connectivity index (χ1v) is 11.7. The monoisotopic (exact) mass is 452 g/mol. The average Bonchev–Trinajstić information content (AvgIpc) is 3.29. The summed E-state index contributed by atoms with van der Waals surface area (Å²) < 4.78 is 5.50. The van der Waals surface area contributed by atoms with Crippen LogP contribution < -0.4 is 0 Å². The molecule has 0 amide bonds. The minimum atomic E-state index is -2.12. The van der Waals surface area contributed by atoms with Crippen molar-refractivity contribution in [3.8, 4) is 0 Å². The van der Waals surface area contributed by atoms with Crippen LogP contribution in [0, 0.1) is 34.5 Å². The first-order chi connectivity index (χ1) is 15.5. The van der Waals surface area contributed by atoms with Crippen molar-refractivity contribution in [1.29, 1.82) is 0 Å². The number of allylic oxidation sites excluding steroid dienone is 1. The molecule has 4 aliphatic rings. The first-order valence-electron chi connectivity index (χ1n) is 11.7. The molecule has 0 unspecified atom stereocenters. The van der Waals surface area contributed by atoms with Crippen molar-refractivity contribution in [2.45, 2.75) is 51.9 Å². The Morgan fingerprint density at radius 3 is 2.48 bits per heavy atom. The average molecular weight is 453 g/mol. The third kappa shape index (κ3) is 2.77. The summed E-state index contributed by atoms with van der Waals surface area (Å²) in [5, 5.41) is 34.6. The quantitative estimate of drug-likeness (QED) is 0.481. The van der Waals surface area contributed by atoms with Crippen molar-refractivity contribution >= 4 is 11.8 Å². The molecule has 3 N–H and O–H groups in total. The van der Waals surface area contributed by atoms with Crippen LogP contribution in [0.5, 0.6) is 0 Å². The Morgan fingerprint density at radius 1 is 1.15 bits per heavy atom. The van der Waals surface area contributed by atoms with E-state index in [0.717, 1.165) is 6.42 Å². The van der Waals surface area contributed by atoms with Gasteiger partial charge in [-0.15, -0.1) is 0 Å². The summed E-state index contributed by atoms with van der Waals surface area (Å²) in [5.74, 6) is -1.13. The second-order valence-electron chi connectivity index (χ2n) is 11.1. The number of esters is 1. The normalized spacial score (nSPS) is 42.8. The molecule has 0 aromatic heterocycles. The van der Waals surface area contributed by atoms with Gasteiger partial charge in [0.15, 0.2) is 5.78 Å². The molecular weight excluding hydrogens is 420 g/mol. The number of carbonyl (C=O) groups is 2. The van der Waals surface area contributed by atoms with Gasteiger partial charge in [0.05, 0.1) is 11.0 Å². The van der Waals surface area contributed by atoms with Crippen molar-refractivity contribution < 1.29 is 29.6 Å². The van der Waals surface area contributed by atoms with Crippen LogP contribution in [0.15, 0.2) is 53.6 Å². The van der Waals surface area contributed by atoms with Crippen molar-refractivity contribution in [2.24, 2.45) is 34.5 Å². The maximum atomic E-state index is 14.2. The number of Topliss-reactive ketones (excluding diaryl/α,β-unsaturated/α-hetero) is 1. The highest BCUT2D eigenvalue weighted by molar-refractivity contribution is 5.95. The summed E-state index contributed by atoms with van der Waals surface area (Å²) >= 11 is 0. The Hall–Kier alpha value is -2.28. The lowest BCUT2D eigenvalue weighted by Crippen LogP contribution is -2.65. The van der Waals surface area contributed by atoms with E-state index in [1.165, 1.54) is 0 Å². The van der Waals surface area contributed by atoms with Crippen LogP contribution in [-0.4, -0.2) is 51.5 Å². The molecule has 2 fully saturated rings. The maximum Gasteiger partial charge on any atom is 0.338 e. The second kappa shape index (κ2) is 7.11. The van der Waals surface area contributed by atoms with Gasteiger partial charge in [-0.25, -0.2) is 4.79 Å². The maximum absolute atomic E-state index is 14.2. The van der Waals surface area contributed by atoms with E-state index in [1.807, 2.05) is 6.92 Å². The van der Waals surface area contributed by atoms with E-state index in [1.54, 1.807) is 49.4 Å². The van der Waals surface area contributed by atoms with Gasteiger partial charge in [0.2, 0.25) is 0 Å². The Balaban J connectivity index is 1.58. The molecule has 8 atom stereocenters. The summed E-state index contributed by atoms with van der Waals surface area (Å²) in [6.45, 7) is 7.66. The van der Waals surface area contributed by atoms with E-state index in [4.69, 9.17) is 4.74 Å². The molecule has 6 nitrogen and oxygen atoms in total. The predicted octanol–water partition coefficient (Wildman–Crippen LogP) is 2.68. The van der Waals surface area contributed by atoms with Crippen molar-refractivity contribution in [2.75, 3.05) is 6.61 Å². The Labute approximate surface area is 194 Å². The minimum absolute atomic E-state index is 0.0398. The highest BCUT2D eigenvalue weighted by Crippen LogP contribution is 2.71. The fourth-order valence-electron chi connectivity index (χ4n) is 7.22. The first kappa shape index (κ1) is 22.5. The largest absolute Gasteiger partial charge is 0.457 e. The van der Waals surface area contributed by atoms with E-state index in [-0.39, 0.29) is 35.2 Å². The lowest BCUT2D eigenvalue weighted by molar-refractivity contribution is -0.190. The number of carbonyl (C=O) groups excluding carboxylic acids is 2. The zero-order valence-electron chi connectivity index (χ0n) is 19.5. The summed E-state index contributed by atoms with van der Waals surface area (Å²) in [7, 11) is 0. The molecule has 0 radical (unpaired) electrons. The lowest BCUT2D eigenvalue weighted by Gasteiger charge is -2.48. The molecule has 4 aliphatic carbocycles. The van der Waals surface area contributed by atoms with Crippen LogP contribution in [0.3, 0.4) is 0 Å². The van der Waals surface area contributed by atoms with E-state index >= 15 is 0 Å². The topological polar surface area (TPSA) is 104 Å². The number of ether oxygens (including phenoxy) is 1. The molecule has 0 heterocycles. The van der Waals surface area contributed by atoms with Crippen molar-refractivity contribution in [3.63, 3.8) is 0 Å². The predicted molar refractivity (Wildman–Crippen MR) is 121 cm³/mol. The van der Waals surface area contributed by atoms with Gasteiger partial charge in [0, 0.05) is 5.92 Å². The highest BCUT2D eigenvalue weighted by Gasteiger charge is 2.75. The van der Waals surface area contributed by atoms with Crippen molar-refractivity contribution in [3.05, 3.63) is 59.2 Å². The Kier molecular flexibility index (Phi) is 4.85. The van der Waals surface area contributed by atoms with Gasteiger partial charge in [0.1, 0.15) is 24.4 Å². The van der Waals surface area contributed by atoms with Gasteiger partial charge < -0.3 is 20.1 Å². The molecule has 176 valence electrons. The van der Waals surface area contributed by atoms with Crippen molar-refractivity contribution in [1.82, 2.24) is 0 Å². The molecule has 5 rings (SSSR count). The molecule has 6 heteroatoms. The van der Waals surface area contributed by atoms with Gasteiger partial charge in [-0.1, -0.05) is 51.1 Å². The summed E-state index contributed by atoms with van der Waals surface area (Å²) in [6, 6.07) is 8.53. The molecule has 2 bridgehead atoms. The van der Waals surface area contributed by atoms with Crippen LogP contribution in [0.1, 0.15) is 44.5 Å². The number of ketones is 1. The molecule has 1 spiro atoms. The molecule has 2 saturated carbocycles. The smallest absolute Gasteiger partial charge is 0.338 e. The van der Waals surface area contributed by atoms with Gasteiger partial charge in [-0.2, -0.15) is 0 Å². The van der Waals surface area contributed by atoms with Crippen LogP contribution >= 0.6 is 0 Å². The fraction of sp³-hybridized carbons (Fsp3) is 0.556. The molecule has 0 aliphatic heterocycles. The molecule has 1 aromatic carbocycles. The van der Waals surface area contributed by atoms with Crippen LogP contribution in [0.4, 0.5) is 0 Å². The number of aliphatic hydroxyl groups excluding tert-OH is 2. The van der Waals surface area contributed by atoms with Gasteiger partial charge in [-0.05, 0) is 59.8 Å². The van der Waals surface area contributed by atoms with Gasteiger partial charge >= 0.3 is 5.97 Å². The van der Waals surface area contributed by atoms with E-state index < -0.39 is 35.1 Å². The van der Waals surface area contributed by atoms with Gasteiger partial charge in [0.25, 0.3) is 0 Å². The number of rotatable bonds is 3. The number of hydrogen-bond acceptors (Lipinski definition) is 6. The van der Waals surface area contributed by atoms with Gasteiger partial charge in [-0.3, -0.25) is 4.79 Å². The van der Waals surface area contributed by atoms with Crippen LogP contribution in [0.25, 0.3) is 0 Å². The number of benzene rings is 1. The van der Waals surface area contributed by atoms with E-state index in [9.17, 15) is 24.9 Å². The minimum Gasteiger partial charge on any atom is -0.457 e. The summed E-state index contributed by atoms with van der Waals surface area (Å²) in [5.41, 5.74) is -2.44. The zero-order valence-corrected chi connectivity index (χ0v) is 19.5. The third-order valence-corrected chi connectivity index (χ3v) is 9.13.